The molecule has 0 saturated heterocycles. The van der Waals surface area contributed by atoms with Crippen LogP contribution in [0.4, 0.5) is 5.69 Å². The number of rotatable bonds is 5. The fourth-order valence-corrected chi connectivity index (χ4v) is 2.42. The molecule has 0 bridgehead atoms. The Kier molecular flexibility index (Phi) is 4.63. The van der Waals surface area contributed by atoms with Crippen LogP contribution < -0.4 is 5.32 Å². The normalized spacial score (nSPS) is 10.6. The zero-order valence-electron chi connectivity index (χ0n) is 10.8. The van der Waals surface area contributed by atoms with Crippen LogP contribution in [0.25, 0.3) is 0 Å². The van der Waals surface area contributed by atoms with Crippen LogP contribution >= 0.6 is 22.6 Å². The number of aromatic nitrogens is 2. The standard InChI is InChI=1S/C14H18IN3/c1-3-8-18-9-7-16-14(18)10-17-13-6-4-5-12(15)11(13)2/h4-7,9,17H,3,8,10H2,1-2H3. The first-order chi connectivity index (χ1) is 8.72. The molecule has 1 heterocycles. The van der Waals surface area contributed by atoms with Crippen LogP contribution in [-0.2, 0) is 13.1 Å². The molecule has 0 aliphatic carbocycles. The summed E-state index contributed by atoms with van der Waals surface area (Å²) in [6.07, 6.45) is 5.04. The predicted octanol–water partition coefficient (Wildman–Crippen LogP) is 3.82. The molecule has 1 N–H and O–H groups in total. The van der Waals surface area contributed by atoms with Gasteiger partial charge >= 0.3 is 0 Å². The molecule has 2 aromatic rings. The number of aryl methyl sites for hydroxylation is 1. The van der Waals surface area contributed by atoms with E-state index in [-0.39, 0.29) is 0 Å². The molecule has 0 spiro atoms. The lowest BCUT2D eigenvalue weighted by molar-refractivity contribution is 0.644. The maximum absolute atomic E-state index is 4.40. The zero-order valence-corrected chi connectivity index (χ0v) is 12.9. The van der Waals surface area contributed by atoms with Gasteiger partial charge in [-0.25, -0.2) is 4.98 Å². The molecule has 0 saturated carbocycles. The van der Waals surface area contributed by atoms with E-state index in [1.807, 2.05) is 12.4 Å². The number of anilines is 1. The summed E-state index contributed by atoms with van der Waals surface area (Å²) >= 11 is 2.36. The number of nitrogens with zero attached hydrogens (tertiary/aromatic N) is 2. The number of halogens is 1. The van der Waals surface area contributed by atoms with Crippen LogP contribution in [0.15, 0.2) is 30.6 Å². The minimum Gasteiger partial charge on any atom is -0.378 e. The van der Waals surface area contributed by atoms with Gasteiger partial charge < -0.3 is 9.88 Å². The average molecular weight is 355 g/mol. The minimum absolute atomic E-state index is 0.772. The van der Waals surface area contributed by atoms with Crippen molar-refractivity contribution in [2.24, 2.45) is 0 Å². The third kappa shape index (κ3) is 3.04. The minimum atomic E-state index is 0.772. The van der Waals surface area contributed by atoms with Gasteiger partial charge in [-0.15, -0.1) is 0 Å². The Labute approximate surface area is 122 Å². The number of imidazole rings is 1. The van der Waals surface area contributed by atoms with Crippen LogP contribution in [-0.4, -0.2) is 9.55 Å². The highest BCUT2D eigenvalue weighted by Gasteiger charge is 2.04. The van der Waals surface area contributed by atoms with E-state index in [2.05, 4.69) is 69.5 Å². The quantitative estimate of drug-likeness (QED) is 0.827. The zero-order chi connectivity index (χ0) is 13.0. The van der Waals surface area contributed by atoms with E-state index in [1.165, 1.54) is 14.8 Å². The smallest absolute Gasteiger partial charge is 0.128 e. The van der Waals surface area contributed by atoms with Crippen molar-refractivity contribution in [3.63, 3.8) is 0 Å². The Morgan fingerprint density at radius 3 is 3.00 bits per heavy atom. The van der Waals surface area contributed by atoms with Gasteiger partial charge in [0.15, 0.2) is 0 Å². The number of hydrogen-bond donors (Lipinski definition) is 1. The second kappa shape index (κ2) is 6.22. The van der Waals surface area contributed by atoms with Crippen LogP contribution in [0.1, 0.15) is 24.7 Å². The summed E-state index contributed by atoms with van der Waals surface area (Å²) in [7, 11) is 0. The molecule has 0 radical (unpaired) electrons. The molecular weight excluding hydrogens is 337 g/mol. The molecule has 0 unspecified atom stereocenters. The van der Waals surface area contributed by atoms with Gasteiger partial charge in [-0.3, -0.25) is 0 Å². The first-order valence-electron chi connectivity index (χ1n) is 6.21. The molecule has 4 heteroatoms. The molecule has 0 amide bonds. The molecule has 0 aliphatic rings. The van der Waals surface area contributed by atoms with Gasteiger partial charge in [0.1, 0.15) is 5.82 Å². The second-order valence-electron chi connectivity index (χ2n) is 4.30. The summed E-state index contributed by atoms with van der Waals surface area (Å²) in [4.78, 5) is 4.40. The van der Waals surface area contributed by atoms with Crippen molar-refractivity contribution in [3.05, 3.63) is 45.6 Å². The summed E-state index contributed by atoms with van der Waals surface area (Å²) in [5.41, 5.74) is 2.49. The highest BCUT2D eigenvalue weighted by Crippen LogP contribution is 2.20. The Morgan fingerprint density at radius 1 is 1.39 bits per heavy atom. The lowest BCUT2D eigenvalue weighted by Gasteiger charge is -2.11. The molecule has 96 valence electrons. The average Bonchev–Trinajstić information content (AvgIpc) is 2.79. The Bertz CT molecular complexity index is 520. The van der Waals surface area contributed by atoms with E-state index in [9.17, 15) is 0 Å². The molecule has 0 atom stereocenters. The van der Waals surface area contributed by atoms with Crippen molar-refractivity contribution in [2.75, 3.05) is 5.32 Å². The summed E-state index contributed by atoms with van der Waals surface area (Å²) in [5.74, 6) is 1.09. The topological polar surface area (TPSA) is 29.9 Å². The highest BCUT2D eigenvalue weighted by atomic mass is 127. The van der Waals surface area contributed by atoms with Crippen LogP contribution in [0, 0.1) is 10.5 Å². The van der Waals surface area contributed by atoms with E-state index in [0.717, 1.165) is 25.3 Å². The lowest BCUT2D eigenvalue weighted by atomic mass is 10.2. The Balaban J connectivity index is 2.07. The monoisotopic (exact) mass is 355 g/mol. The van der Waals surface area contributed by atoms with E-state index in [1.54, 1.807) is 0 Å². The van der Waals surface area contributed by atoms with Gasteiger partial charge in [0.05, 0.1) is 6.54 Å². The van der Waals surface area contributed by atoms with Crippen molar-refractivity contribution < 1.29 is 0 Å². The fourth-order valence-electron chi connectivity index (χ4n) is 1.92. The molecule has 2 rings (SSSR count). The molecular formula is C14H18IN3. The van der Waals surface area contributed by atoms with E-state index < -0.39 is 0 Å². The highest BCUT2D eigenvalue weighted by molar-refractivity contribution is 14.1. The molecule has 3 nitrogen and oxygen atoms in total. The summed E-state index contributed by atoms with van der Waals surface area (Å²) in [6, 6.07) is 6.32. The maximum atomic E-state index is 4.40. The first-order valence-corrected chi connectivity index (χ1v) is 7.29. The molecule has 18 heavy (non-hydrogen) atoms. The van der Waals surface area contributed by atoms with E-state index in [0.29, 0.717) is 0 Å². The van der Waals surface area contributed by atoms with Gasteiger partial charge in [-0.2, -0.15) is 0 Å². The molecule has 0 fully saturated rings. The first kappa shape index (κ1) is 13.4. The van der Waals surface area contributed by atoms with Crippen molar-refractivity contribution in [1.82, 2.24) is 9.55 Å². The van der Waals surface area contributed by atoms with Crippen LogP contribution in [0.2, 0.25) is 0 Å². The van der Waals surface area contributed by atoms with Gasteiger partial charge in [0.25, 0.3) is 0 Å². The SMILES string of the molecule is CCCn1ccnc1CNc1cccc(I)c1C. The van der Waals surface area contributed by atoms with Gasteiger partial charge in [0.2, 0.25) is 0 Å². The van der Waals surface area contributed by atoms with Crippen molar-refractivity contribution >= 4 is 28.3 Å². The predicted molar refractivity (Wildman–Crippen MR) is 83.7 cm³/mol. The van der Waals surface area contributed by atoms with Crippen molar-refractivity contribution in [3.8, 4) is 0 Å². The van der Waals surface area contributed by atoms with Gasteiger partial charge in [-0.1, -0.05) is 13.0 Å². The second-order valence-corrected chi connectivity index (χ2v) is 5.47. The van der Waals surface area contributed by atoms with Crippen LogP contribution in [0.5, 0.6) is 0 Å². The van der Waals surface area contributed by atoms with Crippen LogP contribution in [0.3, 0.4) is 0 Å². The summed E-state index contributed by atoms with van der Waals surface area (Å²) in [6.45, 7) is 6.12. The maximum Gasteiger partial charge on any atom is 0.128 e. The number of nitrogens with one attached hydrogen (secondary N) is 1. The van der Waals surface area contributed by atoms with Crippen molar-refractivity contribution in [2.45, 2.75) is 33.4 Å². The van der Waals surface area contributed by atoms with Gasteiger partial charge in [0, 0.05) is 28.2 Å². The summed E-state index contributed by atoms with van der Waals surface area (Å²) < 4.78 is 3.49. The fraction of sp³-hybridized carbons (Fsp3) is 0.357. The largest absolute Gasteiger partial charge is 0.378 e. The Hall–Kier alpha value is -1.04. The van der Waals surface area contributed by atoms with E-state index >= 15 is 0 Å². The molecule has 0 aliphatic heterocycles. The summed E-state index contributed by atoms with van der Waals surface area (Å²) in [5, 5.41) is 3.47. The molecule has 1 aromatic carbocycles. The molecule has 1 aromatic heterocycles. The van der Waals surface area contributed by atoms with Gasteiger partial charge in [-0.05, 0) is 53.6 Å². The number of benzene rings is 1. The number of hydrogen-bond acceptors (Lipinski definition) is 2. The Morgan fingerprint density at radius 2 is 2.22 bits per heavy atom. The lowest BCUT2D eigenvalue weighted by Crippen LogP contribution is -2.09. The third-order valence-corrected chi connectivity index (χ3v) is 4.14. The van der Waals surface area contributed by atoms with Crippen molar-refractivity contribution in [1.29, 1.82) is 0 Å². The van der Waals surface area contributed by atoms with E-state index in [4.69, 9.17) is 0 Å². The third-order valence-electron chi connectivity index (χ3n) is 2.97.